The van der Waals surface area contributed by atoms with Crippen LogP contribution in [0.25, 0.3) is 0 Å². The lowest BCUT2D eigenvalue weighted by Gasteiger charge is -2.40. The van der Waals surface area contributed by atoms with Gasteiger partial charge < -0.3 is 5.32 Å². The maximum atomic E-state index is 12.6. The van der Waals surface area contributed by atoms with Crippen LogP contribution in [-0.4, -0.2) is 5.91 Å². The number of carbonyl (C=O) groups is 1. The smallest absolute Gasteiger partial charge is 0.230 e. The van der Waals surface area contributed by atoms with Gasteiger partial charge in [0.1, 0.15) is 0 Å². The summed E-state index contributed by atoms with van der Waals surface area (Å²) in [5, 5.41) is 5.14. The third kappa shape index (κ3) is 2.54. The van der Waals surface area contributed by atoms with Gasteiger partial charge in [0.25, 0.3) is 0 Å². The predicted molar refractivity (Wildman–Crippen MR) is 85.8 cm³/mol. The van der Waals surface area contributed by atoms with E-state index in [9.17, 15) is 4.79 Å². The summed E-state index contributed by atoms with van der Waals surface area (Å²) < 4.78 is 1.08. The fraction of sp³-hybridized carbons (Fsp3) is 0.312. The van der Waals surface area contributed by atoms with Gasteiger partial charge in [0.05, 0.1) is 12.0 Å². The van der Waals surface area contributed by atoms with Crippen LogP contribution in [0.3, 0.4) is 0 Å². The van der Waals surface area contributed by atoms with Gasteiger partial charge in [-0.15, -0.1) is 11.3 Å². The van der Waals surface area contributed by atoms with Crippen molar-refractivity contribution in [2.24, 2.45) is 0 Å². The highest BCUT2D eigenvalue weighted by Crippen LogP contribution is 2.43. The number of carbonyl (C=O) groups excluding carboxylic acids is 1. The molecule has 1 heterocycles. The number of nitrogens with one attached hydrogen (secondary N) is 1. The molecule has 1 saturated carbocycles. The molecule has 1 aromatic carbocycles. The van der Waals surface area contributed by atoms with Crippen molar-refractivity contribution in [3.63, 3.8) is 0 Å². The summed E-state index contributed by atoms with van der Waals surface area (Å²) in [5.41, 5.74) is 0.853. The summed E-state index contributed by atoms with van der Waals surface area (Å²) in [6, 6.07) is 12.2. The third-order valence-electron chi connectivity index (χ3n) is 4.01. The van der Waals surface area contributed by atoms with Crippen molar-refractivity contribution in [3.8, 4) is 0 Å². The zero-order valence-electron chi connectivity index (χ0n) is 11.1. The summed E-state index contributed by atoms with van der Waals surface area (Å²) in [5.74, 6) is 0.166. The Bertz CT molecular complexity index is 604. The first-order valence-corrected chi connectivity index (χ1v) is 8.45. The van der Waals surface area contributed by atoms with Crippen LogP contribution in [0.4, 0.5) is 0 Å². The van der Waals surface area contributed by atoms with E-state index in [2.05, 4.69) is 39.4 Å². The molecule has 0 aliphatic heterocycles. The number of benzene rings is 1. The first-order chi connectivity index (χ1) is 9.71. The first-order valence-electron chi connectivity index (χ1n) is 6.77. The molecule has 0 bridgehead atoms. The molecule has 1 N–H and O–H groups in total. The Kier molecular flexibility index (Phi) is 3.94. The quantitative estimate of drug-likeness (QED) is 0.878. The molecule has 1 amide bonds. The fourth-order valence-electron chi connectivity index (χ4n) is 2.72. The molecule has 1 aromatic heterocycles. The van der Waals surface area contributed by atoms with E-state index >= 15 is 0 Å². The molecule has 4 heteroatoms. The van der Waals surface area contributed by atoms with Crippen molar-refractivity contribution < 1.29 is 4.79 Å². The number of hydrogen-bond acceptors (Lipinski definition) is 2. The maximum Gasteiger partial charge on any atom is 0.230 e. The average molecular weight is 350 g/mol. The van der Waals surface area contributed by atoms with Crippen molar-refractivity contribution in [2.75, 3.05) is 0 Å². The molecule has 0 spiro atoms. The van der Waals surface area contributed by atoms with Gasteiger partial charge in [0.2, 0.25) is 5.91 Å². The lowest BCUT2D eigenvalue weighted by atomic mass is 9.64. The number of rotatable bonds is 4. The summed E-state index contributed by atoms with van der Waals surface area (Å²) in [4.78, 5) is 13.8. The monoisotopic (exact) mass is 349 g/mol. The molecule has 1 fully saturated rings. The van der Waals surface area contributed by atoms with Crippen LogP contribution in [0.1, 0.15) is 29.7 Å². The van der Waals surface area contributed by atoms with Gasteiger partial charge in [-0.1, -0.05) is 36.8 Å². The zero-order valence-corrected chi connectivity index (χ0v) is 13.5. The second kappa shape index (κ2) is 5.70. The normalized spacial score (nSPS) is 16.4. The van der Waals surface area contributed by atoms with E-state index in [-0.39, 0.29) is 11.3 Å². The van der Waals surface area contributed by atoms with E-state index in [0.717, 1.165) is 29.3 Å². The van der Waals surface area contributed by atoms with Gasteiger partial charge in [-0.2, -0.15) is 0 Å². The SMILES string of the molecule is O=C(NCc1cc(Br)cs1)C1(c2ccccc2)CCC1. The molecule has 2 aromatic rings. The molecule has 104 valence electrons. The highest BCUT2D eigenvalue weighted by atomic mass is 79.9. The topological polar surface area (TPSA) is 29.1 Å². The maximum absolute atomic E-state index is 12.6. The van der Waals surface area contributed by atoms with Crippen molar-refractivity contribution in [1.29, 1.82) is 0 Å². The second-order valence-electron chi connectivity index (χ2n) is 5.22. The molecule has 2 nitrogen and oxygen atoms in total. The van der Waals surface area contributed by atoms with Crippen LogP contribution < -0.4 is 5.32 Å². The van der Waals surface area contributed by atoms with Crippen molar-refractivity contribution in [1.82, 2.24) is 5.32 Å². The highest BCUT2D eigenvalue weighted by molar-refractivity contribution is 9.10. The van der Waals surface area contributed by atoms with Crippen LogP contribution in [0.15, 0.2) is 46.3 Å². The standard InChI is InChI=1S/C16H16BrNOS/c17-13-9-14(20-11-13)10-18-15(19)16(7-4-8-16)12-5-2-1-3-6-12/h1-3,5-6,9,11H,4,7-8,10H2,(H,18,19). The molecule has 0 saturated heterocycles. The van der Waals surface area contributed by atoms with Gasteiger partial charge in [-0.3, -0.25) is 4.79 Å². The summed E-state index contributed by atoms with van der Waals surface area (Å²) in [6.45, 7) is 0.615. The van der Waals surface area contributed by atoms with Gasteiger partial charge >= 0.3 is 0 Å². The Balaban J connectivity index is 1.72. The van der Waals surface area contributed by atoms with Crippen LogP contribution in [0.2, 0.25) is 0 Å². The van der Waals surface area contributed by atoms with E-state index in [0.29, 0.717) is 6.54 Å². The van der Waals surface area contributed by atoms with E-state index in [1.54, 1.807) is 11.3 Å². The van der Waals surface area contributed by atoms with Crippen LogP contribution in [0.5, 0.6) is 0 Å². The summed E-state index contributed by atoms with van der Waals surface area (Å²) in [6.07, 6.45) is 3.04. The van der Waals surface area contributed by atoms with E-state index in [4.69, 9.17) is 0 Å². The number of halogens is 1. The molecule has 0 radical (unpaired) electrons. The van der Waals surface area contributed by atoms with Gasteiger partial charge in [0.15, 0.2) is 0 Å². The molecule has 1 aliphatic rings. The second-order valence-corrected chi connectivity index (χ2v) is 7.13. The molecular weight excluding hydrogens is 334 g/mol. The minimum Gasteiger partial charge on any atom is -0.350 e. The van der Waals surface area contributed by atoms with E-state index in [1.807, 2.05) is 23.6 Å². The Hall–Kier alpha value is -1.13. The molecule has 1 aliphatic carbocycles. The van der Waals surface area contributed by atoms with Gasteiger partial charge in [-0.05, 0) is 40.4 Å². The van der Waals surface area contributed by atoms with Gasteiger partial charge in [0, 0.05) is 14.7 Å². The minimum absolute atomic E-state index is 0.166. The largest absolute Gasteiger partial charge is 0.350 e. The summed E-state index contributed by atoms with van der Waals surface area (Å²) >= 11 is 5.10. The summed E-state index contributed by atoms with van der Waals surface area (Å²) in [7, 11) is 0. The lowest BCUT2D eigenvalue weighted by molar-refractivity contribution is -0.130. The minimum atomic E-state index is -0.296. The Morgan fingerprint density at radius 3 is 2.60 bits per heavy atom. The molecular formula is C16H16BrNOS. The average Bonchev–Trinajstić information content (AvgIpc) is 2.82. The van der Waals surface area contributed by atoms with Crippen molar-refractivity contribution >= 4 is 33.2 Å². The number of hydrogen-bond donors (Lipinski definition) is 1. The number of amides is 1. The highest BCUT2D eigenvalue weighted by Gasteiger charge is 2.45. The number of thiophene rings is 1. The van der Waals surface area contributed by atoms with Crippen molar-refractivity contribution in [3.05, 3.63) is 56.7 Å². The third-order valence-corrected chi connectivity index (χ3v) is 5.71. The Morgan fingerprint density at radius 2 is 2.05 bits per heavy atom. The lowest BCUT2D eigenvalue weighted by Crippen LogP contribution is -2.48. The van der Waals surface area contributed by atoms with E-state index in [1.165, 1.54) is 4.88 Å². The van der Waals surface area contributed by atoms with E-state index < -0.39 is 0 Å². The molecule has 0 unspecified atom stereocenters. The Morgan fingerprint density at radius 1 is 1.30 bits per heavy atom. The van der Waals surface area contributed by atoms with Crippen LogP contribution in [-0.2, 0) is 16.8 Å². The first kappa shape index (κ1) is 13.8. The predicted octanol–water partition coefficient (Wildman–Crippen LogP) is 4.25. The van der Waals surface area contributed by atoms with Gasteiger partial charge in [-0.25, -0.2) is 0 Å². The van der Waals surface area contributed by atoms with Crippen LogP contribution in [0, 0.1) is 0 Å². The Labute approximate surface area is 131 Å². The van der Waals surface area contributed by atoms with Crippen LogP contribution >= 0.6 is 27.3 Å². The van der Waals surface area contributed by atoms with Crippen molar-refractivity contribution in [2.45, 2.75) is 31.2 Å². The fourth-order valence-corrected chi connectivity index (χ4v) is 4.11. The molecule has 0 atom stereocenters. The molecule has 20 heavy (non-hydrogen) atoms. The molecule has 3 rings (SSSR count). The zero-order chi connectivity index (χ0) is 14.0.